The maximum absolute atomic E-state index is 12.8. The predicted octanol–water partition coefficient (Wildman–Crippen LogP) is 2.74. The molecule has 2 rings (SSSR count). The molecule has 0 aromatic heterocycles. The van der Waals surface area contributed by atoms with Crippen LogP contribution in [0.15, 0.2) is 28.8 Å². The molecule has 1 aromatic carbocycles. The minimum atomic E-state index is -1.27. The summed E-state index contributed by atoms with van der Waals surface area (Å²) in [5.41, 5.74) is 0.646. The first-order chi connectivity index (χ1) is 14.9. The van der Waals surface area contributed by atoms with Crippen molar-refractivity contribution in [3.05, 3.63) is 39.4 Å². The molecular formula is C21H24ClN3O5S. The highest BCUT2D eigenvalue weighted by Crippen LogP contribution is 2.41. The molecule has 1 aromatic rings. The van der Waals surface area contributed by atoms with E-state index in [-0.39, 0.29) is 22.3 Å². The molecule has 0 bridgehead atoms. The molecule has 1 aliphatic heterocycles. The molecule has 1 heterocycles. The van der Waals surface area contributed by atoms with E-state index in [2.05, 4.69) is 16.7 Å². The Morgan fingerprint density at radius 3 is 2.68 bits per heavy atom. The van der Waals surface area contributed by atoms with Gasteiger partial charge in [0, 0.05) is 12.5 Å². The number of thioether (sulfide) groups is 1. The molecule has 2 amide bonds. The lowest BCUT2D eigenvalue weighted by Crippen LogP contribution is -2.44. The number of hydrogen-bond acceptors (Lipinski definition) is 7. The first kappa shape index (κ1) is 24.6. The highest BCUT2D eigenvalue weighted by atomic mass is 35.5. The Labute approximate surface area is 190 Å². The zero-order valence-corrected chi connectivity index (χ0v) is 19.1. The number of ether oxygens (including phenoxy) is 2. The molecule has 0 spiro atoms. The van der Waals surface area contributed by atoms with E-state index in [9.17, 15) is 19.6 Å². The topological polar surface area (TPSA) is 118 Å². The van der Waals surface area contributed by atoms with Crippen molar-refractivity contribution in [2.45, 2.75) is 26.2 Å². The summed E-state index contributed by atoms with van der Waals surface area (Å²) in [7, 11) is 1.18. The fourth-order valence-corrected chi connectivity index (χ4v) is 4.24. The van der Waals surface area contributed by atoms with Gasteiger partial charge in [-0.1, -0.05) is 36.4 Å². The van der Waals surface area contributed by atoms with Gasteiger partial charge in [0.15, 0.2) is 0 Å². The van der Waals surface area contributed by atoms with Crippen LogP contribution in [0.5, 0.6) is 5.75 Å². The zero-order chi connectivity index (χ0) is 23.0. The first-order valence-electron chi connectivity index (χ1n) is 9.72. The van der Waals surface area contributed by atoms with Gasteiger partial charge in [-0.25, -0.2) is 0 Å². The van der Waals surface area contributed by atoms with Crippen molar-refractivity contribution in [3.8, 4) is 11.8 Å². The Hall–Kier alpha value is -2.70. The summed E-state index contributed by atoms with van der Waals surface area (Å²) in [5.74, 6) is -3.33. The van der Waals surface area contributed by atoms with Gasteiger partial charge in [-0.15, -0.1) is 0 Å². The van der Waals surface area contributed by atoms with Crippen LogP contribution < -0.4 is 15.4 Å². The van der Waals surface area contributed by atoms with Crippen molar-refractivity contribution in [3.63, 3.8) is 0 Å². The smallest absolute Gasteiger partial charge is 0.319 e. The van der Waals surface area contributed by atoms with Crippen LogP contribution in [0, 0.1) is 17.2 Å². The number of amides is 2. The van der Waals surface area contributed by atoms with Crippen LogP contribution in [0.1, 0.15) is 31.7 Å². The van der Waals surface area contributed by atoms with Gasteiger partial charge in [-0.05, 0) is 31.0 Å². The number of nitriles is 1. The van der Waals surface area contributed by atoms with E-state index in [1.165, 1.54) is 7.11 Å². The summed E-state index contributed by atoms with van der Waals surface area (Å²) >= 11 is 7.34. The first-order valence-corrected chi connectivity index (χ1v) is 11.1. The van der Waals surface area contributed by atoms with Crippen molar-refractivity contribution >= 4 is 41.1 Å². The van der Waals surface area contributed by atoms with E-state index in [1.807, 2.05) is 13.8 Å². The van der Waals surface area contributed by atoms with Gasteiger partial charge in [0.1, 0.15) is 11.7 Å². The largest absolute Gasteiger partial charge is 0.492 e. The summed E-state index contributed by atoms with van der Waals surface area (Å²) in [4.78, 5) is 37.2. The molecule has 2 N–H and O–H groups in total. The number of methoxy groups -OCH3 is 1. The monoisotopic (exact) mass is 465 g/mol. The number of rotatable bonds is 9. The van der Waals surface area contributed by atoms with Crippen LogP contribution in [0.25, 0.3) is 0 Å². The second kappa shape index (κ2) is 11.6. The Morgan fingerprint density at radius 1 is 1.35 bits per heavy atom. The summed E-state index contributed by atoms with van der Waals surface area (Å²) < 4.78 is 10.3. The summed E-state index contributed by atoms with van der Waals surface area (Å²) in [6.07, 6.45) is 0.792. The van der Waals surface area contributed by atoms with E-state index in [0.29, 0.717) is 29.5 Å². The summed E-state index contributed by atoms with van der Waals surface area (Å²) in [6, 6.07) is 6.94. The van der Waals surface area contributed by atoms with E-state index in [0.717, 1.165) is 18.2 Å². The Bertz CT molecular complexity index is 928. The van der Waals surface area contributed by atoms with Gasteiger partial charge < -0.3 is 20.1 Å². The average Bonchev–Trinajstić information content (AvgIpc) is 2.76. The van der Waals surface area contributed by atoms with Crippen LogP contribution in [0.4, 0.5) is 0 Å². The van der Waals surface area contributed by atoms with E-state index in [1.54, 1.807) is 18.2 Å². The second-order valence-corrected chi connectivity index (χ2v) is 7.98. The maximum atomic E-state index is 12.8. The fourth-order valence-electron chi connectivity index (χ4n) is 3.12. The van der Waals surface area contributed by atoms with E-state index >= 15 is 0 Å². The maximum Gasteiger partial charge on any atom is 0.319 e. The molecule has 0 aliphatic carbocycles. The molecule has 0 radical (unpaired) electrons. The van der Waals surface area contributed by atoms with Gasteiger partial charge in [0.25, 0.3) is 0 Å². The van der Waals surface area contributed by atoms with Crippen molar-refractivity contribution in [2.75, 3.05) is 26.0 Å². The molecule has 8 nitrogen and oxygen atoms in total. The molecule has 10 heteroatoms. The molecule has 166 valence electrons. The predicted molar refractivity (Wildman–Crippen MR) is 117 cm³/mol. The third-order valence-corrected chi connectivity index (χ3v) is 5.83. The van der Waals surface area contributed by atoms with Crippen molar-refractivity contribution < 1.29 is 23.9 Å². The number of nitrogens with zero attached hydrogens (tertiary/aromatic N) is 1. The minimum Gasteiger partial charge on any atom is -0.492 e. The molecule has 0 saturated carbocycles. The van der Waals surface area contributed by atoms with Crippen molar-refractivity contribution in [1.82, 2.24) is 10.6 Å². The lowest BCUT2D eigenvalue weighted by molar-refractivity contribution is -0.150. The molecule has 1 aliphatic rings. The van der Waals surface area contributed by atoms with Gasteiger partial charge >= 0.3 is 5.97 Å². The van der Waals surface area contributed by atoms with Gasteiger partial charge in [-0.3, -0.25) is 14.4 Å². The van der Waals surface area contributed by atoms with Gasteiger partial charge in [-0.2, -0.15) is 5.26 Å². The number of halogens is 1. The molecule has 0 saturated heterocycles. The Kier molecular flexibility index (Phi) is 9.21. The highest BCUT2D eigenvalue weighted by molar-refractivity contribution is 8.03. The number of benzene rings is 1. The quantitative estimate of drug-likeness (QED) is 0.425. The van der Waals surface area contributed by atoms with Gasteiger partial charge in [0.2, 0.25) is 11.8 Å². The SMILES string of the molecule is CCCNC(=O)CSC1=C(C#N)[C@@H](c2ccc(OCC)c(Cl)c2)[C@@H](C(=O)OC)C(=O)N1. The third-order valence-electron chi connectivity index (χ3n) is 4.52. The number of allylic oxidation sites excluding steroid dienone is 1. The van der Waals surface area contributed by atoms with Crippen LogP contribution in [-0.2, 0) is 19.1 Å². The van der Waals surface area contributed by atoms with Crippen molar-refractivity contribution in [2.24, 2.45) is 5.92 Å². The van der Waals surface area contributed by atoms with Crippen molar-refractivity contribution in [1.29, 1.82) is 5.26 Å². The summed E-state index contributed by atoms with van der Waals surface area (Å²) in [5, 5.41) is 15.7. The minimum absolute atomic E-state index is 0.0143. The normalized spacial score (nSPS) is 18.1. The van der Waals surface area contributed by atoms with Crippen LogP contribution in [-0.4, -0.2) is 43.8 Å². The summed E-state index contributed by atoms with van der Waals surface area (Å²) in [6.45, 7) is 4.71. The van der Waals surface area contributed by atoms with Crippen LogP contribution in [0.2, 0.25) is 5.02 Å². The van der Waals surface area contributed by atoms with Gasteiger partial charge in [0.05, 0.1) is 41.2 Å². The Morgan fingerprint density at radius 2 is 2.10 bits per heavy atom. The number of esters is 1. The van der Waals surface area contributed by atoms with Crippen LogP contribution in [0.3, 0.4) is 0 Å². The molecule has 0 unspecified atom stereocenters. The molecule has 0 fully saturated rings. The molecular weight excluding hydrogens is 442 g/mol. The van der Waals surface area contributed by atoms with Crippen LogP contribution >= 0.6 is 23.4 Å². The second-order valence-electron chi connectivity index (χ2n) is 6.58. The molecule has 2 atom stereocenters. The average molecular weight is 466 g/mol. The number of carbonyl (C=O) groups is 3. The Balaban J connectivity index is 2.48. The number of carbonyl (C=O) groups excluding carboxylic acids is 3. The van der Waals surface area contributed by atoms with E-state index in [4.69, 9.17) is 21.1 Å². The number of hydrogen-bond donors (Lipinski definition) is 2. The van der Waals surface area contributed by atoms with E-state index < -0.39 is 23.7 Å². The fraction of sp³-hybridized carbons (Fsp3) is 0.429. The lowest BCUT2D eigenvalue weighted by atomic mass is 9.78. The lowest BCUT2D eigenvalue weighted by Gasteiger charge is -2.31. The standard InChI is InChI=1S/C21H24ClN3O5S/c1-4-8-24-16(26)11-31-20-13(10-23)17(18(19(27)25-20)21(28)29-3)12-6-7-15(30-5-2)14(22)9-12/h6-7,9,17-18H,4-5,8,11H2,1-3H3,(H,24,26)(H,25,27)/t17-,18-/m1/s1. The number of nitrogens with one attached hydrogen (secondary N) is 2. The zero-order valence-electron chi connectivity index (χ0n) is 17.5. The molecule has 31 heavy (non-hydrogen) atoms. The highest BCUT2D eigenvalue weighted by Gasteiger charge is 2.44. The third kappa shape index (κ3) is 5.93.